The SMILES string of the molecule is CCOc1cc(CNCCNc2ccc([N+](=O)[O-])cc2)cc(Br)c1OCC(N)=O. The molecule has 0 aliphatic carbocycles. The number of nitro groups is 1. The number of primary amides is 1. The molecule has 0 aliphatic rings. The zero-order valence-corrected chi connectivity index (χ0v) is 17.5. The highest BCUT2D eigenvalue weighted by Gasteiger charge is 2.13. The van der Waals surface area contributed by atoms with E-state index in [1.165, 1.54) is 12.1 Å². The molecular formula is C19H23BrN4O5. The van der Waals surface area contributed by atoms with Gasteiger partial charge in [-0.25, -0.2) is 0 Å². The number of nitro benzene ring substituents is 1. The second kappa shape index (κ2) is 11.2. The summed E-state index contributed by atoms with van der Waals surface area (Å²) >= 11 is 3.44. The first-order chi connectivity index (χ1) is 13.9. The minimum Gasteiger partial charge on any atom is -0.490 e. The Morgan fingerprint density at radius 2 is 1.93 bits per heavy atom. The molecular weight excluding hydrogens is 444 g/mol. The predicted octanol–water partition coefficient (Wildman–Crippen LogP) is 2.82. The monoisotopic (exact) mass is 466 g/mol. The zero-order valence-electron chi connectivity index (χ0n) is 15.9. The van der Waals surface area contributed by atoms with Crippen molar-refractivity contribution < 1.29 is 19.2 Å². The number of benzene rings is 2. The number of amides is 1. The number of carbonyl (C=O) groups is 1. The lowest BCUT2D eigenvalue weighted by molar-refractivity contribution is -0.384. The molecule has 10 heteroatoms. The molecule has 9 nitrogen and oxygen atoms in total. The Labute approximate surface area is 176 Å². The minimum atomic E-state index is -0.564. The standard InChI is InChI=1S/C19H23BrN4O5/c1-2-28-17-10-13(9-16(20)19(17)29-12-18(21)25)11-22-7-8-23-14-3-5-15(6-4-14)24(26)27/h3-6,9-10,22-23H,2,7-8,11-12H2,1H3,(H2,21,25). The molecule has 4 N–H and O–H groups in total. The number of hydrogen-bond donors (Lipinski definition) is 3. The molecule has 0 saturated carbocycles. The smallest absolute Gasteiger partial charge is 0.269 e. The molecule has 0 unspecified atom stereocenters. The van der Waals surface area contributed by atoms with E-state index in [9.17, 15) is 14.9 Å². The lowest BCUT2D eigenvalue weighted by Gasteiger charge is -2.15. The third-order valence-electron chi connectivity index (χ3n) is 3.77. The van der Waals surface area contributed by atoms with Crippen LogP contribution in [0.2, 0.25) is 0 Å². The van der Waals surface area contributed by atoms with Crippen LogP contribution < -0.4 is 25.8 Å². The maximum Gasteiger partial charge on any atom is 0.269 e. The van der Waals surface area contributed by atoms with Crippen LogP contribution in [0.4, 0.5) is 11.4 Å². The molecule has 0 radical (unpaired) electrons. The molecule has 0 heterocycles. The Kier molecular flexibility index (Phi) is 8.68. The molecule has 0 bridgehead atoms. The van der Waals surface area contributed by atoms with Crippen molar-refractivity contribution in [3.63, 3.8) is 0 Å². The fraction of sp³-hybridized carbons (Fsp3) is 0.316. The minimum absolute atomic E-state index is 0.0626. The van der Waals surface area contributed by atoms with Crippen molar-refractivity contribution >= 4 is 33.2 Å². The van der Waals surface area contributed by atoms with Crippen LogP contribution in [0.1, 0.15) is 12.5 Å². The van der Waals surface area contributed by atoms with Gasteiger partial charge in [0.1, 0.15) is 0 Å². The van der Waals surface area contributed by atoms with Crippen LogP contribution in [0.15, 0.2) is 40.9 Å². The number of hydrogen-bond acceptors (Lipinski definition) is 7. The van der Waals surface area contributed by atoms with Crippen molar-refractivity contribution in [3.8, 4) is 11.5 Å². The van der Waals surface area contributed by atoms with Crippen molar-refractivity contribution in [1.82, 2.24) is 5.32 Å². The van der Waals surface area contributed by atoms with Crippen molar-refractivity contribution in [1.29, 1.82) is 0 Å². The van der Waals surface area contributed by atoms with E-state index in [1.54, 1.807) is 12.1 Å². The number of rotatable bonds is 12. The summed E-state index contributed by atoms with van der Waals surface area (Å²) in [5.41, 5.74) is 6.99. The highest BCUT2D eigenvalue weighted by atomic mass is 79.9. The summed E-state index contributed by atoms with van der Waals surface area (Å²) in [6.07, 6.45) is 0. The molecule has 0 fully saturated rings. The summed E-state index contributed by atoms with van der Waals surface area (Å²) < 4.78 is 11.7. The number of carbonyl (C=O) groups excluding carboxylic acids is 1. The maximum absolute atomic E-state index is 11.0. The average Bonchev–Trinajstić information content (AvgIpc) is 2.67. The van der Waals surface area contributed by atoms with Crippen molar-refractivity contribution in [2.24, 2.45) is 5.73 Å². The van der Waals surface area contributed by atoms with E-state index in [0.717, 1.165) is 11.3 Å². The normalized spacial score (nSPS) is 10.4. The van der Waals surface area contributed by atoms with E-state index >= 15 is 0 Å². The number of nitrogens with two attached hydrogens (primary N) is 1. The highest BCUT2D eigenvalue weighted by Crippen LogP contribution is 2.37. The Balaban J connectivity index is 1.86. The topological polar surface area (TPSA) is 129 Å². The van der Waals surface area contributed by atoms with Gasteiger partial charge in [-0.05, 0) is 52.7 Å². The van der Waals surface area contributed by atoms with Gasteiger partial charge in [0.05, 0.1) is 16.0 Å². The maximum atomic E-state index is 11.0. The van der Waals surface area contributed by atoms with Crippen LogP contribution >= 0.6 is 15.9 Å². The Morgan fingerprint density at radius 1 is 1.21 bits per heavy atom. The lowest BCUT2D eigenvalue weighted by Crippen LogP contribution is -2.22. The van der Waals surface area contributed by atoms with Gasteiger partial charge in [-0.3, -0.25) is 14.9 Å². The van der Waals surface area contributed by atoms with Gasteiger partial charge in [0.15, 0.2) is 18.1 Å². The number of halogens is 1. The number of nitrogens with zero attached hydrogens (tertiary/aromatic N) is 1. The largest absolute Gasteiger partial charge is 0.490 e. The van der Waals surface area contributed by atoms with E-state index in [0.29, 0.717) is 42.2 Å². The Bertz CT molecular complexity index is 845. The summed E-state index contributed by atoms with van der Waals surface area (Å²) in [5.74, 6) is 0.406. The average molecular weight is 467 g/mol. The third kappa shape index (κ3) is 7.24. The highest BCUT2D eigenvalue weighted by molar-refractivity contribution is 9.10. The molecule has 29 heavy (non-hydrogen) atoms. The summed E-state index contributed by atoms with van der Waals surface area (Å²) in [7, 11) is 0. The molecule has 0 aliphatic heterocycles. The van der Waals surface area contributed by atoms with Crippen molar-refractivity contribution in [3.05, 3.63) is 56.5 Å². The number of anilines is 1. The number of nitrogens with one attached hydrogen (secondary N) is 2. The van der Waals surface area contributed by atoms with Gasteiger partial charge in [0.25, 0.3) is 11.6 Å². The molecule has 0 aromatic heterocycles. The van der Waals surface area contributed by atoms with Crippen LogP contribution in [-0.4, -0.2) is 37.1 Å². The van der Waals surface area contributed by atoms with Crippen molar-refractivity contribution in [2.75, 3.05) is 31.6 Å². The molecule has 1 amide bonds. The molecule has 0 atom stereocenters. The Hall–Kier alpha value is -2.85. The summed E-state index contributed by atoms with van der Waals surface area (Å²) in [5, 5.41) is 17.2. The van der Waals surface area contributed by atoms with Crippen LogP contribution in [-0.2, 0) is 11.3 Å². The first-order valence-corrected chi connectivity index (χ1v) is 9.75. The van der Waals surface area contributed by atoms with Gasteiger partial charge in [0, 0.05) is 37.5 Å². The van der Waals surface area contributed by atoms with Gasteiger partial charge >= 0.3 is 0 Å². The van der Waals surface area contributed by atoms with E-state index < -0.39 is 10.8 Å². The van der Waals surface area contributed by atoms with Crippen molar-refractivity contribution in [2.45, 2.75) is 13.5 Å². The van der Waals surface area contributed by atoms with Crippen LogP contribution in [0.25, 0.3) is 0 Å². The number of non-ortho nitro benzene ring substituents is 1. The van der Waals surface area contributed by atoms with E-state index in [-0.39, 0.29) is 12.3 Å². The summed E-state index contributed by atoms with van der Waals surface area (Å²) in [6, 6.07) is 10.0. The summed E-state index contributed by atoms with van der Waals surface area (Å²) in [4.78, 5) is 21.2. The van der Waals surface area contributed by atoms with E-state index in [4.69, 9.17) is 15.2 Å². The van der Waals surface area contributed by atoms with Crippen LogP contribution in [0.5, 0.6) is 11.5 Å². The van der Waals surface area contributed by atoms with Crippen LogP contribution in [0.3, 0.4) is 0 Å². The number of ether oxygens (including phenoxy) is 2. The zero-order chi connectivity index (χ0) is 21.2. The van der Waals surface area contributed by atoms with E-state index in [2.05, 4.69) is 26.6 Å². The second-order valence-electron chi connectivity index (χ2n) is 6.00. The molecule has 2 aromatic carbocycles. The molecule has 2 aromatic rings. The second-order valence-corrected chi connectivity index (χ2v) is 6.85. The van der Waals surface area contributed by atoms with Gasteiger partial charge in [0.2, 0.25) is 0 Å². The van der Waals surface area contributed by atoms with Crippen LogP contribution in [0, 0.1) is 10.1 Å². The first kappa shape index (κ1) is 22.4. The fourth-order valence-corrected chi connectivity index (χ4v) is 3.10. The first-order valence-electron chi connectivity index (χ1n) is 8.96. The molecule has 0 spiro atoms. The molecule has 0 saturated heterocycles. The lowest BCUT2D eigenvalue weighted by atomic mass is 10.2. The molecule has 156 valence electrons. The fourth-order valence-electron chi connectivity index (χ4n) is 2.50. The Morgan fingerprint density at radius 3 is 2.55 bits per heavy atom. The van der Waals surface area contributed by atoms with Gasteiger partial charge < -0.3 is 25.8 Å². The summed E-state index contributed by atoms with van der Waals surface area (Å²) in [6.45, 7) is 4.01. The van der Waals surface area contributed by atoms with Gasteiger partial charge in [-0.15, -0.1) is 0 Å². The molecule has 2 rings (SSSR count). The quantitative estimate of drug-likeness (QED) is 0.249. The van der Waals surface area contributed by atoms with Gasteiger partial charge in [-0.2, -0.15) is 0 Å². The third-order valence-corrected chi connectivity index (χ3v) is 4.36. The van der Waals surface area contributed by atoms with E-state index in [1.807, 2.05) is 19.1 Å². The predicted molar refractivity (Wildman–Crippen MR) is 113 cm³/mol. The van der Waals surface area contributed by atoms with Gasteiger partial charge in [-0.1, -0.05) is 0 Å².